The van der Waals surface area contributed by atoms with Crippen LogP contribution in [0.5, 0.6) is 0 Å². The minimum Gasteiger partial charge on any atom is -0.361 e. The summed E-state index contributed by atoms with van der Waals surface area (Å²) in [5, 5.41) is 1.58. The average molecular weight is 343 g/mol. The minimum absolute atomic E-state index is 0.0429. The van der Waals surface area contributed by atoms with Crippen LogP contribution in [0.4, 0.5) is 0 Å². The third-order valence-corrected chi connectivity index (χ3v) is 4.99. The van der Waals surface area contributed by atoms with Gasteiger partial charge in [0.15, 0.2) is 0 Å². The van der Waals surface area contributed by atoms with Crippen LogP contribution in [0, 0.1) is 0 Å². The van der Waals surface area contributed by atoms with Crippen molar-refractivity contribution in [1.82, 2.24) is 9.88 Å². The number of H-pyrrole nitrogens is 1. The fourth-order valence-corrected chi connectivity index (χ4v) is 3.66. The quantitative estimate of drug-likeness (QED) is 0.906. The van der Waals surface area contributed by atoms with Crippen molar-refractivity contribution < 1.29 is 13.2 Å². The number of amides is 1. The normalized spacial score (nSPS) is 13.3. The van der Waals surface area contributed by atoms with Gasteiger partial charge >= 0.3 is 0 Å². The van der Waals surface area contributed by atoms with Gasteiger partial charge in [0.25, 0.3) is 0 Å². The minimum atomic E-state index is -3.12. The van der Waals surface area contributed by atoms with E-state index in [9.17, 15) is 13.2 Å². The molecule has 0 unspecified atom stereocenters. The Morgan fingerprint density at radius 1 is 1.41 bits per heavy atom. The molecule has 0 aliphatic heterocycles. The van der Waals surface area contributed by atoms with Gasteiger partial charge in [-0.25, -0.2) is 8.42 Å². The first-order chi connectivity index (χ1) is 10.2. The van der Waals surface area contributed by atoms with Crippen LogP contribution in [0.3, 0.4) is 0 Å². The third-order valence-electron chi connectivity index (χ3n) is 3.67. The van der Waals surface area contributed by atoms with Gasteiger partial charge in [0.05, 0.1) is 12.2 Å². The number of carbonyl (C=O) groups excluding carboxylic acids is 1. The first kappa shape index (κ1) is 16.8. The number of sulfone groups is 1. The Bertz CT molecular complexity index is 798. The lowest BCUT2D eigenvalue weighted by atomic mass is 10.1. The molecule has 7 heteroatoms. The van der Waals surface area contributed by atoms with Gasteiger partial charge in [0, 0.05) is 41.5 Å². The van der Waals surface area contributed by atoms with Gasteiger partial charge in [0.1, 0.15) is 9.84 Å². The molecule has 2 aromatic rings. The molecule has 22 heavy (non-hydrogen) atoms. The van der Waals surface area contributed by atoms with E-state index < -0.39 is 9.84 Å². The molecule has 0 aliphatic rings. The number of fused-ring (bicyclic) bond motifs is 1. The zero-order valence-electron chi connectivity index (χ0n) is 12.8. The summed E-state index contributed by atoms with van der Waals surface area (Å²) in [6.45, 7) is 1.73. The molecule has 1 N–H and O–H groups in total. The van der Waals surface area contributed by atoms with Gasteiger partial charge in [-0.3, -0.25) is 4.79 Å². The average Bonchev–Trinajstić information content (AvgIpc) is 2.78. The summed E-state index contributed by atoms with van der Waals surface area (Å²) in [5.41, 5.74) is 1.75. The van der Waals surface area contributed by atoms with E-state index in [4.69, 9.17) is 11.6 Å². The van der Waals surface area contributed by atoms with E-state index in [1.165, 1.54) is 11.2 Å². The maximum atomic E-state index is 12.3. The monoisotopic (exact) mass is 342 g/mol. The van der Waals surface area contributed by atoms with Crippen LogP contribution in [0.25, 0.3) is 10.9 Å². The van der Waals surface area contributed by atoms with Gasteiger partial charge in [-0.05, 0) is 24.6 Å². The molecule has 120 valence electrons. The van der Waals surface area contributed by atoms with E-state index >= 15 is 0 Å². The van der Waals surface area contributed by atoms with Crippen molar-refractivity contribution >= 4 is 38.2 Å². The van der Waals surface area contributed by atoms with Crippen molar-refractivity contribution in [3.8, 4) is 0 Å². The van der Waals surface area contributed by atoms with Gasteiger partial charge in [-0.1, -0.05) is 17.7 Å². The van der Waals surface area contributed by atoms with Crippen LogP contribution in [0.15, 0.2) is 24.4 Å². The molecule has 1 aromatic carbocycles. The Kier molecular flexibility index (Phi) is 4.82. The Labute approximate surface area is 135 Å². The number of nitrogens with one attached hydrogen (secondary N) is 1. The number of hydrogen-bond acceptors (Lipinski definition) is 3. The molecule has 0 aliphatic carbocycles. The fraction of sp³-hybridized carbons (Fsp3) is 0.400. The van der Waals surface area contributed by atoms with E-state index in [1.807, 2.05) is 6.07 Å². The number of benzene rings is 1. The number of hydrogen-bond donors (Lipinski definition) is 1. The Morgan fingerprint density at radius 3 is 2.73 bits per heavy atom. The standard InChI is InChI=1S/C15H19ClN2O3S/c1-10(9-22(3,20)21)18(2)15(19)6-11-8-17-14-7-12(16)4-5-13(11)14/h4-5,7-8,10,17H,6,9H2,1-3H3/t10-/m1/s1. The van der Waals surface area contributed by atoms with E-state index in [-0.39, 0.29) is 24.1 Å². The van der Waals surface area contributed by atoms with Crippen molar-refractivity contribution in [1.29, 1.82) is 0 Å². The molecule has 0 saturated carbocycles. The van der Waals surface area contributed by atoms with Crippen LogP contribution >= 0.6 is 11.6 Å². The van der Waals surface area contributed by atoms with Gasteiger partial charge in [-0.2, -0.15) is 0 Å². The lowest BCUT2D eigenvalue weighted by Gasteiger charge is -2.24. The first-order valence-electron chi connectivity index (χ1n) is 6.86. The summed E-state index contributed by atoms with van der Waals surface area (Å²) >= 11 is 5.94. The van der Waals surface area contributed by atoms with Crippen LogP contribution in [0.2, 0.25) is 5.02 Å². The van der Waals surface area contributed by atoms with Gasteiger partial charge < -0.3 is 9.88 Å². The van der Waals surface area contributed by atoms with Crippen molar-refractivity contribution in [2.75, 3.05) is 19.1 Å². The second kappa shape index (κ2) is 6.30. The molecule has 0 saturated heterocycles. The number of halogens is 1. The SMILES string of the molecule is C[C@H](CS(C)(=O)=O)N(C)C(=O)Cc1c[nH]c2cc(Cl)ccc12. The van der Waals surface area contributed by atoms with E-state index in [0.29, 0.717) is 5.02 Å². The van der Waals surface area contributed by atoms with Gasteiger partial charge in [0.2, 0.25) is 5.91 Å². The Morgan fingerprint density at radius 2 is 2.09 bits per heavy atom. The van der Waals surface area contributed by atoms with E-state index in [0.717, 1.165) is 16.5 Å². The molecular weight excluding hydrogens is 324 g/mol. The molecule has 0 radical (unpaired) electrons. The molecule has 0 spiro atoms. The second-order valence-corrected chi connectivity index (χ2v) is 8.25. The Hall–Kier alpha value is -1.53. The number of aromatic amines is 1. The maximum Gasteiger partial charge on any atom is 0.227 e. The highest BCUT2D eigenvalue weighted by Gasteiger charge is 2.20. The summed E-state index contributed by atoms with van der Waals surface area (Å²) in [4.78, 5) is 16.9. The number of likely N-dealkylation sites (N-methyl/N-ethyl adjacent to an activating group) is 1. The highest BCUT2D eigenvalue weighted by molar-refractivity contribution is 7.90. The van der Waals surface area contributed by atoms with Crippen LogP contribution < -0.4 is 0 Å². The third kappa shape index (κ3) is 4.01. The van der Waals surface area contributed by atoms with Crippen molar-refractivity contribution in [3.05, 3.63) is 35.0 Å². The van der Waals surface area contributed by atoms with Crippen molar-refractivity contribution in [2.45, 2.75) is 19.4 Å². The number of rotatable bonds is 5. The topological polar surface area (TPSA) is 70.2 Å². The summed E-state index contributed by atoms with van der Waals surface area (Å²) < 4.78 is 22.7. The van der Waals surface area contributed by atoms with E-state index in [2.05, 4.69) is 4.98 Å². The molecule has 0 bridgehead atoms. The molecule has 1 atom stereocenters. The van der Waals surface area contributed by atoms with Gasteiger partial charge in [-0.15, -0.1) is 0 Å². The van der Waals surface area contributed by atoms with Crippen molar-refractivity contribution in [3.63, 3.8) is 0 Å². The fourth-order valence-electron chi connectivity index (χ4n) is 2.39. The molecule has 1 amide bonds. The zero-order valence-corrected chi connectivity index (χ0v) is 14.3. The molecule has 5 nitrogen and oxygen atoms in total. The molecular formula is C15H19ClN2O3S. The summed E-state index contributed by atoms with van der Waals surface area (Å²) in [6, 6.07) is 5.10. The summed E-state index contributed by atoms with van der Waals surface area (Å²) in [7, 11) is -1.49. The predicted octanol–water partition coefficient (Wildman–Crippen LogP) is 2.26. The summed E-state index contributed by atoms with van der Waals surface area (Å²) in [6.07, 6.45) is 3.17. The van der Waals surface area contributed by atoms with Crippen LogP contribution in [-0.4, -0.2) is 49.3 Å². The number of nitrogens with zero attached hydrogens (tertiary/aromatic N) is 1. The molecule has 0 fully saturated rings. The maximum absolute atomic E-state index is 12.3. The van der Waals surface area contributed by atoms with Crippen LogP contribution in [0.1, 0.15) is 12.5 Å². The van der Waals surface area contributed by atoms with E-state index in [1.54, 1.807) is 32.3 Å². The molecule has 1 heterocycles. The Balaban J connectivity index is 2.13. The molecule has 2 rings (SSSR count). The predicted molar refractivity (Wildman–Crippen MR) is 89.0 cm³/mol. The lowest BCUT2D eigenvalue weighted by molar-refractivity contribution is -0.130. The smallest absolute Gasteiger partial charge is 0.227 e. The first-order valence-corrected chi connectivity index (χ1v) is 9.30. The van der Waals surface area contributed by atoms with Crippen molar-refractivity contribution in [2.24, 2.45) is 0 Å². The molecule has 1 aromatic heterocycles. The highest BCUT2D eigenvalue weighted by atomic mass is 35.5. The number of carbonyl (C=O) groups is 1. The zero-order chi connectivity index (χ0) is 16.5. The largest absolute Gasteiger partial charge is 0.361 e. The lowest BCUT2D eigenvalue weighted by Crippen LogP contribution is -2.40. The summed E-state index contributed by atoms with van der Waals surface area (Å²) in [5.74, 6) is -0.161. The van der Waals surface area contributed by atoms with Crippen LogP contribution in [-0.2, 0) is 21.1 Å². The highest BCUT2D eigenvalue weighted by Crippen LogP contribution is 2.22. The number of aromatic nitrogens is 1. The second-order valence-electron chi connectivity index (χ2n) is 5.63.